The molecule has 0 spiro atoms. The zero-order chi connectivity index (χ0) is 33.1. The molecule has 1 heterocycles. The van der Waals surface area contributed by atoms with E-state index in [1.165, 1.54) is 0 Å². The summed E-state index contributed by atoms with van der Waals surface area (Å²) >= 11 is 0. The molecule has 11 heteroatoms. The highest BCUT2D eigenvalue weighted by atomic mass is 16.5. The number of benzene rings is 2. The van der Waals surface area contributed by atoms with Crippen LogP contribution in [0.2, 0.25) is 0 Å². The second-order valence-corrected chi connectivity index (χ2v) is 12.5. The first kappa shape index (κ1) is 35.2. The van der Waals surface area contributed by atoms with Crippen molar-refractivity contribution in [3.8, 4) is 0 Å². The molecule has 1 aliphatic rings. The van der Waals surface area contributed by atoms with Crippen LogP contribution in [0.5, 0.6) is 0 Å². The number of hydrogen-bond acceptors (Lipinski definition) is 6. The van der Waals surface area contributed by atoms with Crippen LogP contribution in [0.15, 0.2) is 60.7 Å². The number of rotatable bonds is 9. The molecular formula is C34H47N5O6. The molecule has 1 fully saturated rings. The summed E-state index contributed by atoms with van der Waals surface area (Å²) in [6.45, 7) is 10.7. The van der Waals surface area contributed by atoms with Gasteiger partial charge in [-0.05, 0) is 28.9 Å². The summed E-state index contributed by atoms with van der Waals surface area (Å²) in [6.07, 6.45) is 0.139. The molecule has 1 aliphatic heterocycles. The second kappa shape index (κ2) is 16.7. The van der Waals surface area contributed by atoms with Crippen LogP contribution in [-0.4, -0.2) is 66.4 Å². The quantitative estimate of drug-likeness (QED) is 0.288. The standard InChI is InChI=1S/C34H47N5O6/c1-20(2)27-32(42)36-26(19-45-18-24-15-11-8-12-16-24)31(41)35-25(17-23-13-9-7-10-14-23)30(40)37-28(21(3)4)33(43)39-29(22(5)6)34(44)38-27/h7-16,20-22,25-29H,17-19H2,1-6H3,(H,35,41)(H,36,42)(H,37,40)(H,38,44)(H,39,43)/t25-,26+,27-,28-,29-/m0/s1. The van der Waals surface area contributed by atoms with Crippen LogP contribution >= 0.6 is 0 Å². The Kier molecular flexibility index (Phi) is 13.1. The van der Waals surface area contributed by atoms with Gasteiger partial charge in [0.2, 0.25) is 29.5 Å². The minimum atomic E-state index is -1.18. The van der Waals surface area contributed by atoms with Gasteiger partial charge in [0.15, 0.2) is 0 Å². The van der Waals surface area contributed by atoms with Crippen LogP contribution in [0.3, 0.4) is 0 Å². The molecule has 5 atom stereocenters. The Hall–Kier alpha value is -4.25. The maximum atomic E-state index is 13.8. The third-order valence-electron chi connectivity index (χ3n) is 7.69. The van der Waals surface area contributed by atoms with Crippen molar-refractivity contribution in [2.75, 3.05) is 6.61 Å². The number of carbonyl (C=O) groups excluding carboxylic acids is 5. The third-order valence-corrected chi connectivity index (χ3v) is 7.69. The molecule has 0 bridgehead atoms. The maximum Gasteiger partial charge on any atom is 0.245 e. The summed E-state index contributed by atoms with van der Waals surface area (Å²) < 4.78 is 5.86. The number of hydrogen-bond donors (Lipinski definition) is 5. The van der Waals surface area contributed by atoms with E-state index < -0.39 is 59.7 Å². The summed E-state index contributed by atoms with van der Waals surface area (Å²) in [7, 11) is 0. The largest absolute Gasteiger partial charge is 0.374 e. The molecule has 2 aromatic carbocycles. The zero-order valence-electron chi connectivity index (χ0n) is 27.0. The average molecular weight is 622 g/mol. The first-order valence-corrected chi connectivity index (χ1v) is 15.5. The summed E-state index contributed by atoms with van der Waals surface area (Å²) in [5.74, 6) is -3.88. The summed E-state index contributed by atoms with van der Waals surface area (Å²) in [5, 5.41) is 13.9. The molecule has 5 N–H and O–H groups in total. The van der Waals surface area contributed by atoms with Crippen molar-refractivity contribution in [2.24, 2.45) is 17.8 Å². The van der Waals surface area contributed by atoms with E-state index in [4.69, 9.17) is 4.74 Å². The van der Waals surface area contributed by atoms with Gasteiger partial charge in [0.25, 0.3) is 0 Å². The average Bonchev–Trinajstić information content (AvgIpc) is 3.00. The van der Waals surface area contributed by atoms with Crippen molar-refractivity contribution in [1.82, 2.24) is 26.6 Å². The molecule has 45 heavy (non-hydrogen) atoms. The van der Waals surface area contributed by atoms with Gasteiger partial charge in [0, 0.05) is 6.42 Å². The fourth-order valence-electron chi connectivity index (χ4n) is 4.99. The van der Waals surface area contributed by atoms with Crippen molar-refractivity contribution in [1.29, 1.82) is 0 Å². The van der Waals surface area contributed by atoms with E-state index in [1.54, 1.807) is 41.5 Å². The predicted molar refractivity (Wildman–Crippen MR) is 170 cm³/mol. The Labute approximate surface area is 265 Å². The Bertz CT molecular complexity index is 1300. The Balaban J connectivity index is 2.01. The minimum absolute atomic E-state index is 0.139. The van der Waals surface area contributed by atoms with Crippen LogP contribution in [0.4, 0.5) is 0 Å². The van der Waals surface area contributed by atoms with Crippen LogP contribution in [0.1, 0.15) is 52.7 Å². The van der Waals surface area contributed by atoms with Crippen molar-refractivity contribution in [2.45, 2.75) is 84.8 Å². The molecule has 2 aromatic rings. The number of carbonyl (C=O) groups is 5. The topological polar surface area (TPSA) is 155 Å². The number of ether oxygens (including phenoxy) is 1. The first-order valence-electron chi connectivity index (χ1n) is 15.5. The van der Waals surface area contributed by atoms with E-state index in [9.17, 15) is 24.0 Å². The smallest absolute Gasteiger partial charge is 0.245 e. The lowest BCUT2D eigenvalue weighted by molar-refractivity contribution is -0.136. The summed E-state index contributed by atoms with van der Waals surface area (Å²) in [4.78, 5) is 68.1. The van der Waals surface area contributed by atoms with Crippen LogP contribution < -0.4 is 26.6 Å². The Morgan fingerprint density at radius 3 is 1.36 bits per heavy atom. The van der Waals surface area contributed by atoms with E-state index in [0.717, 1.165) is 11.1 Å². The van der Waals surface area contributed by atoms with Gasteiger partial charge in [-0.15, -0.1) is 0 Å². The van der Waals surface area contributed by atoms with Crippen molar-refractivity contribution in [3.05, 3.63) is 71.8 Å². The highest BCUT2D eigenvalue weighted by molar-refractivity contribution is 5.98. The lowest BCUT2D eigenvalue weighted by Gasteiger charge is -2.29. The lowest BCUT2D eigenvalue weighted by atomic mass is 9.97. The zero-order valence-corrected chi connectivity index (χ0v) is 27.0. The fraction of sp³-hybridized carbons (Fsp3) is 0.500. The Morgan fingerprint density at radius 2 is 0.889 bits per heavy atom. The van der Waals surface area contributed by atoms with Gasteiger partial charge >= 0.3 is 0 Å². The predicted octanol–water partition coefficient (Wildman–Crippen LogP) is 1.85. The van der Waals surface area contributed by atoms with Crippen LogP contribution in [0.25, 0.3) is 0 Å². The van der Waals surface area contributed by atoms with Gasteiger partial charge in [-0.1, -0.05) is 102 Å². The summed E-state index contributed by atoms with van der Waals surface area (Å²) in [5.41, 5.74) is 1.67. The van der Waals surface area contributed by atoms with Crippen molar-refractivity contribution in [3.63, 3.8) is 0 Å². The molecule has 244 valence electrons. The molecule has 0 saturated carbocycles. The second-order valence-electron chi connectivity index (χ2n) is 12.5. The monoisotopic (exact) mass is 621 g/mol. The molecule has 3 rings (SSSR count). The molecule has 0 aromatic heterocycles. The van der Waals surface area contributed by atoms with E-state index in [-0.39, 0.29) is 37.4 Å². The van der Waals surface area contributed by atoms with Crippen LogP contribution in [0, 0.1) is 17.8 Å². The number of amides is 5. The van der Waals surface area contributed by atoms with Crippen molar-refractivity contribution < 1.29 is 28.7 Å². The highest BCUT2D eigenvalue weighted by Gasteiger charge is 2.37. The molecule has 0 unspecified atom stereocenters. The molecular weight excluding hydrogens is 574 g/mol. The Morgan fingerprint density at radius 1 is 0.511 bits per heavy atom. The highest BCUT2D eigenvalue weighted by Crippen LogP contribution is 2.12. The third kappa shape index (κ3) is 10.4. The van der Waals surface area contributed by atoms with E-state index in [2.05, 4.69) is 26.6 Å². The van der Waals surface area contributed by atoms with Crippen LogP contribution in [-0.2, 0) is 41.7 Å². The van der Waals surface area contributed by atoms with Gasteiger partial charge in [0.05, 0.1) is 13.2 Å². The molecule has 0 radical (unpaired) electrons. The fourth-order valence-corrected chi connectivity index (χ4v) is 4.99. The maximum absolute atomic E-state index is 13.8. The van der Waals surface area contributed by atoms with E-state index in [1.807, 2.05) is 60.7 Å². The molecule has 5 amide bonds. The summed E-state index contributed by atoms with van der Waals surface area (Å²) in [6, 6.07) is 13.3. The van der Waals surface area contributed by atoms with E-state index in [0.29, 0.717) is 0 Å². The normalized spacial score (nSPS) is 23.8. The molecule has 0 aliphatic carbocycles. The first-order chi connectivity index (χ1) is 21.4. The number of nitrogens with one attached hydrogen (secondary N) is 5. The van der Waals surface area contributed by atoms with Gasteiger partial charge in [-0.25, -0.2) is 0 Å². The molecule has 11 nitrogen and oxygen atoms in total. The van der Waals surface area contributed by atoms with Gasteiger partial charge in [0.1, 0.15) is 30.2 Å². The van der Waals surface area contributed by atoms with Gasteiger partial charge in [-0.3, -0.25) is 24.0 Å². The SMILES string of the molecule is CC(C)[C@@H]1NC(=O)[C@H](Cc2ccccc2)NC(=O)[C@@H](COCc2ccccc2)NC(=O)[C@H](C(C)C)NC(=O)[C@H](C(C)C)NC1=O. The van der Waals surface area contributed by atoms with Gasteiger partial charge in [-0.2, -0.15) is 0 Å². The van der Waals surface area contributed by atoms with Crippen molar-refractivity contribution >= 4 is 29.5 Å². The van der Waals surface area contributed by atoms with Gasteiger partial charge < -0.3 is 31.3 Å². The molecule has 1 saturated heterocycles. The lowest BCUT2D eigenvalue weighted by Crippen LogP contribution is -2.60. The van der Waals surface area contributed by atoms with E-state index >= 15 is 0 Å². The minimum Gasteiger partial charge on any atom is -0.374 e.